The van der Waals surface area contributed by atoms with E-state index in [2.05, 4.69) is 37.1 Å². The SMILES string of the molecule is CC(C)CCn1cc(C=O)c(-c2cc3ccccc3s2)n1. The van der Waals surface area contributed by atoms with Gasteiger partial charge in [0, 0.05) is 17.4 Å². The third-order valence-electron chi connectivity index (χ3n) is 3.51. The van der Waals surface area contributed by atoms with Gasteiger partial charge >= 0.3 is 0 Å². The molecular weight excluding hydrogens is 280 g/mol. The molecule has 0 radical (unpaired) electrons. The molecular formula is C17H18N2OS. The number of fused-ring (bicyclic) bond motifs is 1. The summed E-state index contributed by atoms with van der Waals surface area (Å²) in [5.74, 6) is 0.627. The Kier molecular flexibility index (Phi) is 3.88. The lowest BCUT2D eigenvalue weighted by molar-refractivity contribution is 0.112. The average Bonchev–Trinajstić information content (AvgIpc) is 3.08. The average molecular weight is 298 g/mol. The van der Waals surface area contributed by atoms with Crippen LogP contribution in [0.3, 0.4) is 0 Å². The van der Waals surface area contributed by atoms with Gasteiger partial charge in [0.25, 0.3) is 0 Å². The van der Waals surface area contributed by atoms with Crippen LogP contribution in [0.15, 0.2) is 36.5 Å². The van der Waals surface area contributed by atoms with Crippen LogP contribution in [-0.2, 0) is 6.54 Å². The van der Waals surface area contributed by atoms with Gasteiger partial charge in [0.15, 0.2) is 6.29 Å². The van der Waals surface area contributed by atoms with Crippen molar-refractivity contribution >= 4 is 27.7 Å². The first-order valence-electron chi connectivity index (χ1n) is 7.19. The molecule has 0 unspecified atom stereocenters. The molecule has 0 saturated heterocycles. The predicted octanol–water partition coefficient (Wildman–Crippen LogP) is 4.62. The molecule has 0 bridgehead atoms. The third-order valence-corrected chi connectivity index (χ3v) is 4.63. The molecule has 0 spiro atoms. The maximum atomic E-state index is 11.3. The van der Waals surface area contributed by atoms with Gasteiger partial charge in [0.1, 0.15) is 5.69 Å². The highest BCUT2D eigenvalue weighted by Gasteiger charge is 2.13. The van der Waals surface area contributed by atoms with Crippen LogP contribution < -0.4 is 0 Å². The van der Waals surface area contributed by atoms with Crippen molar-refractivity contribution < 1.29 is 4.79 Å². The minimum absolute atomic E-state index is 0.627. The molecule has 3 aromatic rings. The van der Waals surface area contributed by atoms with Crippen molar-refractivity contribution in [2.45, 2.75) is 26.8 Å². The lowest BCUT2D eigenvalue weighted by Crippen LogP contribution is -2.01. The number of benzene rings is 1. The van der Waals surface area contributed by atoms with Gasteiger partial charge in [0.2, 0.25) is 0 Å². The van der Waals surface area contributed by atoms with E-state index < -0.39 is 0 Å². The normalized spacial score (nSPS) is 11.4. The minimum atomic E-state index is 0.627. The molecule has 0 aliphatic carbocycles. The fourth-order valence-electron chi connectivity index (χ4n) is 2.32. The Hall–Kier alpha value is -1.94. The Bertz CT molecular complexity index is 737. The molecule has 0 N–H and O–H groups in total. The van der Waals surface area contributed by atoms with Crippen molar-refractivity contribution in [1.29, 1.82) is 0 Å². The molecule has 0 aliphatic rings. The Labute approximate surface area is 128 Å². The number of hydrogen-bond donors (Lipinski definition) is 0. The van der Waals surface area contributed by atoms with E-state index in [1.807, 2.05) is 23.0 Å². The summed E-state index contributed by atoms with van der Waals surface area (Å²) in [6.07, 6.45) is 3.82. The second-order valence-corrected chi connectivity index (χ2v) is 6.73. The van der Waals surface area contributed by atoms with Gasteiger partial charge in [-0.2, -0.15) is 5.10 Å². The van der Waals surface area contributed by atoms with Crippen LogP contribution in [0.2, 0.25) is 0 Å². The van der Waals surface area contributed by atoms with Gasteiger partial charge in [-0.25, -0.2) is 0 Å². The van der Waals surface area contributed by atoms with E-state index in [9.17, 15) is 4.79 Å². The van der Waals surface area contributed by atoms with Crippen LogP contribution in [0.25, 0.3) is 20.7 Å². The van der Waals surface area contributed by atoms with E-state index in [0.717, 1.165) is 29.8 Å². The van der Waals surface area contributed by atoms with Crippen molar-refractivity contribution in [1.82, 2.24) is 9.78 Å². The standard InChI is InChI=1S/C17H18N2OS/c1-12(2)7-8-19-10-14(11-20)17(18-19)16-9-13-5-3-4-6-15(13)21-16/h3-6,9-12H,7-8H2,1-2H3. The molecule has 0 aliphatic heterocycles. The van der Waals surface area contributed by atoms with Gasteiger partial charge in [-0.1, -0.05) is 32.0 Å². The van der Waals surface area contributed by atoms with Crippen LogP contribution in [0.5, 0.6) is 0 Å². The van der Waals surface area contributed by atoms with Crippen molar-refractivity contribution in [3.05, 3.63) is 42.1 Å². The number of rotatable bonds is 5. The number of aryl methyl sites for hydroxylation is 1. The first kappa shape index (κ1) is 14.0. The first-order valence-corrected chi connectivity index (χ1v) is 8.00. The maximum Gasteiger partial charge on any atom is 0.153 e. The highest BCUT2D eigenvalue weighted by atomic mass is 32.1. The zero-order chi connectivity index (χ0) is 14.8. The molecule has 3 rings (SSSR count). The number of aromatic nitrogens is 2. The summed E-state index contributed by atoms with van der Waals surface area (Å²) in [5.41, 5.74) is 1.47. The molecule has 4 heteroatoms. The predicted molar refractivity (Wildman–Crippen MR) is 87.9 cm³/mol. The summed E-state index contributed by atoms with van der Waals surface area (Å²) in [5, 5.41) is 5.81. The number of thiophene rings is 1. The molecule has 21 heavy (non-hydrogen) atoms. The number of carbonyl (C=O) groups is 1. The van der Waals surface area contributed by atoms with Gasteiger partial charge in [-0.15, -0.1) is 11.3 Å². The fraction of sp³-hybridized carbons (Fsp3) is 0.294. The number of hydrogen-bond acceptors (Lipinski definition) is 3. The van der Waals surface area contributed by atoms with Crippen molar-refractivity contribution in [3.8, 4) is 10.6 Å². The number of nitrogens with zero attached hydrogens (tertiary/aromatic N) is 2. The van der Waals surface area contributed by atoms with E-state index in [0.29, 0.717) is 11.5 Å². The van der Waals surface area contributed by atoms with E-state index in [-0.39, 0.29) is 0 Å². The highest BCUT2D eigenvalue weighted by molar-refractivity contribution is 7.22. The fourth-order valence-corrected chi connectivity index (χ4v) is 3.39. The highest BCUT2D eigenvalue weighted by Crippen LogP contribution is 2.33. The minimum Gasteiger partial charge on any atom is -0.298 e. The van der Waals surface area contributed by atoms with Crippen LogP contribution in [0.4, 0.5) is 0 Å². The van der Waals surface area contributed by atoms with Crippen LogP contribution in [-0.4, -0.2) is 16.1 Å². The lowest BCUT2D eigenvalue weighted by atomic mass is 10.1. The molecule has 0 atom stereocenters. The number of carbonyl (C=O) groups excluding carboxylic acids is 1. The zero-order valence-electron chi connectivity index (χ0n) is 12.2. The topological polar surface area (TPSA) is 34.9 Å². The summed E-state index contributed by atoms with van der Waals surface area (Å²) < 4.78 is 3.12. The van der Waals surface area contributed by atoms with E-state index in [1.165, 1.54) is 10.1 Å². The van der Waals surface area contributed by atoms with Gasteiger partial charge in [-0.3, -0.25) is 9.48 Å². The Morgan fingerprint density at radius 1 is 1.33 bits per heavy atom. The third kappa shape index (κ3) is 2.90. The molecule has 2 heterocycles. The van der Waals surface area contributed by atoms with Gasteiger partial charge in [-0.05, 0) is 29.9 Å². The zero-order valence-corrected chi connectivity index (χ0v) is 13.1. The van der Waals surface area contributed by atoms with Crippen LogP contribution in [0, 0.1) is 5.92 Å². The summed E-state index contributed by atoms with van der Waals surface area (Å²) in [7, 11) is 0. The molecule has 0 amide bonds. The summed E-state index contributed by atoms with van der Waals surface area (Å²) in [6.45, 7) is 5.23. The Morgan fingerprint density at radius 2 is 2.14 bits per heavy atom. The Balaban J connectivity index is 1.98. The quantitative estimate of drug-likeness (QED) is 0.644. The van der Waals surface area contributed by atoms with Crippen molar-refractivity contribution in [2.24, 2.45) is 5.92 Å². The second-order valence-electron chi connectivity index (χ2n) is 5.64. The molecule has 1 aromatic carbocycles. The number of aldehydes is 1. The van der Waals surface area contributed by atoms with E-state index in [1.54, 1.807) is 11.3 Å². The van der Waals surface area contributed by atoms with E-state index >= 15 is 0 Å². The van der Waals surface area contributed by atoms with Crippen LogP contribution in [0.1, 0.15) is 30.6 Å². The molecule has 2 aromatic heterocycles. The monoisotopic (exact) mass is 298 g/mol. The molecule has 108 valence electrons. The Morgan fingerprint density at radius 3 is 2.86 bits per heavy atom. The van der Waals surface area contributed by atoms with E-state index in [4.69, 9.17) is 0 Å². The first-order chi connectivity index (χ1) is 10.2. The lowest BCUT2D eigenvalue weighted by Gasteiger charge is -2.03. The second kappa shape index (κ2) is 5.82. The van der Waals surface area contributed by atoms with Crippen LogP contribution >= 0.6 is 11.3 Å². The van der Waals surface area contributed by atoms with Crippen molar-refractivity contribution in [2.75, 3.05) is 0 Å². The van der Waals surface area contributed by atoms with Gasteiger partial charge in [0.05, 0.1) is 10.4 Å². The molecule has 0 saturated carbocycles. The maximum absolute atomic E-state index is 11.3. The van der Waals surface area contributed by atoms with Crippen molar-refractivity contribution in [3.63, 3.8) is 0 Å². The largest absolute Gasteiger partial charge is 0.298 e. The summed E-state index contributed by atoms with van der Waals surface area (Å²) in [4.78, 5) is 12.4. The smallest absolute Gasteiger partial charge is 0.153 e. The summed E-state index contributed by atoms with van der Waals surface area (Å²) >= 11 is 1.68. The van der Waals surface area contributed by atoms with Gasteiger partial charge < -0.3 is 0 Å². The molecule has 3 nitrogen and oxygen atoms in total. The molecule has 0 fully saturated rings. The summed E-state index contributed by atoms with van der Waals surface area (Å²) in [6, 6.07) is 10.4.